The van der Waals surface area contributed by atoms with Crippen LogP contribution in [0, 0.1) is 5.92 Å². The second-order valence-corrected chi connectivity index (χ2v) is 5.51. The van der Waals surface area contributed by atoms with Crippen molar-refractivity contribution in [1.82, 2.24) is 5.32 Å². The Bertz CT molecular complexity index is 406. The summed E-state index contributed by atoms with van der Waals surface area (Å²) in [5.41, 5.74) is 1.25. The van der Waals surface area contributed by atoms with E-state index in [4.69, 9.17) is 9.47 Å². The molecule has 0 bridgehead atoms. The fourth-order valence-corrected chi connectivity index (χ4v) is 2.34. The van der Waals surface area contributed by atoms with Gasteiger partial charge in [0.1, 0.15) is 13.2 Å². The van der Waals surface area contributed by atoms with Gasteiger partial charge in [0.25, 0.3) is 0 Å². The van der Waals surface area contributed by atoms with Crippen molar-refractivity contribution in [3.8, 4) is 11.5 Å². The molecule has 2 atom stereocenters. The molecule has 1 aliphatic rings. The average Bonchev–Trinajstić information content (AvgIpc) is 2.44. The van der Waals surface area contributed by atoms with E-state index >= 15 is 0 Å². The minimum absolute atomic E-state index is 0.545. The van der Waals surface area contributed by atoms with Gasteiger partial charge in [-0.25, -0.2) is 0 Å². The molecule has 1 N–H and O–H groups in total. The van der Waals surface area contributed by atoms with Crippen LogP contribution in [0.2, 0.25) is 0 Å². The summed E-state index contributed by atoms with van der Waals surface area (Å²) < 4.78 is 11.1. The highest BCUT2D eigenvalue weighted by Crippen LogP contribution is 2.30. The lowest BCUT2D eigenvalue weighted by atomic mass is 10.0. The van der Waals surface area contributed by atoms with E-state index in [0.29, 0.717) is 19.3 Å². The van der Waals surface area contributed by atoms with Crippen LogP contribution < -0.4 is 14.8 Å². The molecule has 1 aromatic carbocycles. The quantitative estimate of drug-likeness (QED) is 0.853. The van der Waals surface area contributed by atoms with Crippen LogP contribution in [0.3, 0.4) is 0 Å². The predicted molar refractivity (Wildman–Crippen MR) is 77.8 cm³/mol. The molecular formula is C16H25NO2. The van der Waals surface area contributed by atoms with Gasteiger partial charge in [-0.2, -0.15) is 0 Å². The smallest absolute Gasteiger partial charge is 0.161 e. The molecule has 0 saturated heterocycles. The number of hydrogen-bond donors (Lipinski definition) is 1. The zero-order valence-electron chi connectivity index (χ0n) is 12.2. The highest BCUT2D eigenvalue weighted by atomic mass is 16.6. The summed E-state index contributed by atoms with van der Waals surface area (Å²) in [7, 11) is 0. The third-order valence-corrected chi connectivity index (χ3v) is 3.71. The van der Waals surface area contributed by atoms with Crippen molar-refractivity contribution in [3.63, 3.8) is 0 Å². The van der Waals surface area contributed by atoms with Gasteiger partial charge in [-0.3, -0.25) is 0 Å². The van der Waals surface area contributed by atoms with E-state index < -0.39 is 0 Å². The minimum Gasteiger partial charge on any atom is -0.486 e. The predicted octanol–water partition coefficient (Wildman–Crippen LogP) is 3.37. The van der Waals surface area contributed by atoms with E-state index in [9.17, 15) is 0 Å². The van der Waals surface area contributed by atoms with Crippen molar-refractivity contribution >= 4 is 0 Å². The maximum Gasteiger partial charge on any atom is 0.161 e. The number of rotatable bonds is 6. The van der Waals surface area contributed by atoms with Gasteiger partial charge in [-0.1, -0.05) is 26.3 Å². The Hall–Kier alpha value is -1.22. The fourth-order valence-electron chi connectivity index (χ4n) is 2.34. The van der Waals surface area contributed by atoms with Gasteiger partial charge in [-0.15, -0.1) is 0 Å². The lowest BCUT2D eigenvalue weighted by Gasteiger charge is -2.20. The normalized spacial score (nSPS) is 17.0. The third-order valence-electron chi connectivity index (χ3n) is 3.71. The first-order valence-corrected chi connectivity index (χ1v) is 7.31. The van der Waals surface area contributed by atoms with Crippen LogP contribution in [0.5, 0.6) is 11.5 Å². The number of ether oxygens (including phenoxy) is 2. The zero-order chi connectivity index (χ0) is 13.7. The molecule has 0 amide bonds. The van der Waals surface area contributed by atoms with Crippen LogP contribution in [0.4, 0.5) is 0 Å². The molecule has 1 aliphatic heterocycles. The molecular weight excluding hydrogens is 238 g/mol. The number of benzene rings is 1. The molecule has 19 heavy (non-hydrogen) atoms. The first-order valence-electron chi connectivity index (χ1n) is 7.31. The molecule has 1 aromatic rings. The zero-order valence-corrected chi connectivity index (χ0v) is 12.2. The molecule has 0 fully saturated rings. The van der Waals surface area contributed by atoms with Gasteiger partial charge in [0.15, 0.2) is 11.5 Å². The number of hydrogen-bond acceptors (Lipinski definition) is 3. The van der Waals surface area contributed by atoms with Crippen molar-refractivity contribution in [3.05, 3.63) is 23.8 Å². The Morgan fingerprint density at radius 1 is 1.16 bits per heavy atom. The second-order valence-electron chi connectivity index (χ2n) is 5.51. The summed E-state index contributed by atoms with van der Waals surface area (Å²) in [6.07, 6.45) is 2.47. The van der Waals surface area contributed by atoms with E-state index in [0.717, 1.165) is 24.0 Å². The van der Waals surface area contributed by atoms with Crippen LogP contribution in [-0.2, 0) is 6.54 Å². The lowest BCUT2D eigenvalue weighted by Crippen LogP contribution is -2.27. The Labute approximate surface area is 116 Å². The summed E-state index contributed by atoms with van der Waals surface area (Å²) >= 11 is 0. The first kappa shape index (κ1) is 14.2. The molecule has 0 saturated carbocycles. The Morgan fingerprint density at radius 3 is 2.63 bits per heavy atom. The van der Waals surface area contributed by atoms with Gasteiger partial charge in [0.05, 0.1) is 0 Å². The molecule has 0 aromatic heterocycles. The van der Waals surface area contributed by atoms with Gasteiger partial charge in [0, 0.05) is 12.6 Å². The number of nitrogens with one attached hydrogen (secondary N) is 1. The summed E-state index contributed by atoms with van der Waals surface area (Å²) in [6.45, 7) is 8.99. The SMILES string of the molecule is CCC(C)CC(C)NCc1ccc2c(c1)OCCO2. The average molecular weight is 263 g/mol. The standard InChI is InChI=1S/C16H25NO2/c1-4-12(2)9-13(3)17-11-14-5-6-15-16(10-14)19-8-7-18-15/h5-6,10,12-13,17H,4,7-9,11H2,1-3H3. The molecule has 2 unspecified atom stereocenters. The fraction of sp³-hybridized carbons (Fsp3) is 0.625. The number of fused-ring (bicyclic) bond motifs is 1. The molecule has 3 heteroatoms. The third kappa shape index (κ3) is 4.13. The molecule has 0 spiro atoms. The van der Waals surface area contributed by atoms with Crippen LogP contribution in [0.25, 0.3) is 0 Å². The van der Waals surface area contributed by atoms with E-state index in [1.54, 1.807) is 0 Å². The molecule has 2 rings (SSSR count). The van der Waals surface area contributed by atoms with Crippen molar-refractivity contribution in [2.45, 2.75) is 46.2 Å². The van der Waals surface area contributed by atoms with Gasteiger partial charge in [0.2, 0.25) is 0 Å². The molecule has 106 valence electrons. The van der Waals surface area contributed by atoms with E-state index in [1.807, 2.05) is 6.07 Å². The van der Waals surface area contributed by atoms with Gasteiger partial charge in [-0.05, 0) is 37.0 Å². The lowest BCUT2D eigenvalue weighted by molar-refractivity contribution is 0.171. The summed E-state index contributed by atoms with van der Waals surface area (Å²) in [5, 5.41) is 3.57. The highest BCUT2D eigenvalue weighted by molar-refractivity contribution is 5.43. The van der Waals surface area contributed by atoms with Crippen LogP contribution in [0.15, 0.2) is 18.2 Å². The van der Waals surface area contributed by atoms with Crippen LogP contribution in [0.1, 0.15) is 39.2 Å². The molecule has 0 radical (unpaired) electrons. The van der Waals surface area contributed by atoms with Crippen molar-refractivity contribution in [2.75, 3.05) is 13.2 Å². The monoisotopic (exact) mass is 263 g/mol. The van der Waals surface area contributed by atoms with E-state index in [2.05, 4.69) is 38.2 Å². The topological polar surface area (TPSA) is 30.5 Å². The van der Waals surface area contributed by atoms with Crippen molar-refractivity contribution in [2.24, 2.45) is 5.92 Å². The summed E-state index contributed by atoms with van der Waals surface area (Å²) in [5.74, 6) is 2.52. The van der Waals surface area contributed by atoms with Gasteiger partial charge < -0.3 is 14.8 Å². The largest absolute Gasteiger partial charge is 0.486 e. The Morgan fingerprint density at radius 2 is 1.89 bits per heavy atom. The second kappa shape index (κ2) is 6.80. The molecule has 0 aliphatic carbocycles. The van der Waals surface area contributed by atoms with Crippen LogP contribution >= 0.6 is 0 Å². The Balaban J connectivity index is 1.86. The highest BCUT2D eigenvalue weighted by Gasteiger charge is 2.12. The summed E-state index contributed by atoms with van der Waals surface area (Å²) in [4.78, 5) is 0. The molecule has 3 nitrogen and oxygen atoms in total. The van der Waals surface area contributed by atoms with Gasteiger partial charge >= 0.3 is 0 Å². The van der Waals surface area contributed by atoms with E-state index in [-0.39, 0.29) is 0 Å². The Kier molecular flexibility index (Phi) is 5.08. The minimum atomic E-state index is 0.545. The van der Waals surface area contributed by atoms with Crippen molar-refractivity contribution in [1.29, 1.82) is 0 Å². The first-order chi connectivity index (χ1) is 9.19. The van der Waals surface area contributed by atoms with E-state index in [1.165, 1.54) is 18.4 Å². The molecule has 1 heterocycles. The van der Waals surface area contributed by atoms with Crippen molar-refractivity contribution < 1.29 is 9.47 Å². The summed E-state index contributed by atoms with van der Waals surface area (Å²) in [6, 6.07) is 6.74. The van der Waals surface area contributed by atoms with Crippen LogP contribution in [-0.4, -0.2) is 19.3 Å². The maximum absolute atomic E-state index is 5.60. The maximum atomic E-state index is 5.60.